The Labute approximate surface area is 121 Å². The molecule has 1 heterocycles. The quantitative estimate of drug-likeness (QED) is 0.710. The molecule has 0 saturated carbocycles. The first-order valence-corrected chi connectivity index (χ1v) is 6.18. The van der Waals surface area contributed by atoms with Gasteiger partial charge in [0, 0.05) is 11.8 Å². The summed E-state index contributed by atoms with van der Waals surface area (Å²) in [5, 5.41) is 8.80. The number of aliphatic carboxylic acids is 1. The third-order valence-corrected chi connectivity index (χ3v) is 2.96. The molecule has 106 valence electrons. The van der Waals surface area contributed by atoms with Crippen LogP contribution in [0.1, 0.15) is 11.1 Å². The zero-order valence-electron chi connectivity index (χ0n) is 11.2. The van der Waals surface area contributed by atoms with Crippen LogP contribution in [0, 0.1) is 12.3 Å². The Hall–Kier alpha value is -2.91. The van der Waals surface area contributed by atoms with Crippen molar-refractivity contribution in [2.75, 3.05) is 5.73 Å². The van der Waals surface area contributed by atoms with Crippen molar-refractivity contribution in [1.29, 1.82) is 0 Å². The first-order valence-electron chi connectivity index (χ1n) is 6.18. The number of terminal acetylenes is 1. The highest BCUT2D eigenvalue weighted by Gasteiger charge is 2.12. The minimum atomic E-state index is -1.03. The van der Waals surface area contributed by atoms with Gasteiger partial charge in [0.15, 0.2) is 0 Å². The highest BCUT2D eigenvalue weighted by Crippen LogP contribution is 2.22. The molecule has 1 atom stereocenters. The Morgan fingerprint density at radius 2 is 2.05 bits per heavy atom. The van der Waals surface area contributed by atoms with Gasteiger partial charge in [-0.15, -0.1) is 6.42 Å². The van der Waals surface area contributed by atoms with Crippen LogP contribution in [-0.2, 0) is 11.2 Å². The normalized spacial score (nSPS) is 11.6. The van der Waals surface area contributed by atoms with E-state index in [1.807, 2.05) is 0 Å². The lowest BCUT2D eigenvalue weighted by Crippen LogP contribution is -2.32. The Balaban J connectivity index is 2.29. The van der Waals surface area contributed by atoms with Gasteiger partial charge in [0.2, 0.25) is 5.95 Å². The third-order valence-electron chi connectivity index (χ3n) is 2.96. The Kier molecular flexibility index (Phi) is 4.16. The molecule has 21 heavy (non-hydrogen) atoms. The first kappa shape index (κ1) is 14.5. The van der Waals surface area contributed by atoms with Crippen molar-refractivity contribution in [3.8, 4) is 23.6 Å². The van der Waals surface area contributed by atoms with Crippen LogP contribution < -0.4 is 11.5 Å². The third kappa shape index (κ3) is 3.35. The number of hydrogen-bond acceptors (Lipinski definition) is 5. The molecule has 1 aromatic carbocycles. The van der Waals surface area contributed by atoms with Gasteiger partial charge in [0.05, 0.1) is 11.3 Å². The van der Waals surface area contributed by atoms with Gasteiger partial charge in [-0.3, -0.25) is 4.79 Å². The number of hydrogen-bond donors (Lipinski definition) is 3. The van der Waals surface area contributed by atoms with E-state index in [0.717, 1.165) is 11.1 Å². The minimum absolute atomic E-state index is 0.140. The van der Waals surface area contributed by atoms with E-state index in [9.17, 15) is 4.79 Å². The number of nitrogens with two attached hydrogens (primary N) is 2. The smallest absolute Gasteiger partial charge is 0.320 e. The number of carboxylic acid groups (broad SMARTS) is 1. The van der Waals surface area contributed by atoms with Crippen molar-refractivity contribution in [2.24, 2.45) is 5.73 Å². The number of anilines is 1. The standard InChI is InChI=1S/C15H14N4O2/c1-2-10-8-18-15(17)19-13(10)11-5-3-9(4-6-11)7-12(16)14(20)21/h1,3-6,8,12H,7,16H2,(H,20,21)(H2,17,18,19). The SMILES string of the molecule is C#Cc1cnc(N)nc1-c1ccc(CC(N)C(=O)O)cc1. The molecule has 0 aliphatic rings. The highest BCUT2D eigenvalue weighted by molar-refractivity contribution is 5.73. The highest BCUT2D eigenvalue weighted by atomic mass is 16.4. The number of benzene rings is 1. The molecule has 0 saturated heterocycles. The maximum atomic E-state index is 10.7. The maximum Gasteiger partial charge on any atom is 0.320 e. The number of carboxylic acids is 1. The molecule has 0 fully saturated rings. The van der Waals surface area contributed by atoms with E-state index < -0.39 is 12.0 Å². The predicted molar refractivity (Wildman–Crippen MR) is 79.1 cm³/mol. The lowest BCUT2D eigenvalue weighted by Gasteiger charge is -2.08. The zero-order chi connectivity index (χ0) is 15.4. The lowest BCUT2D eigenvalue weighted by atomic mass is 10.0. The Bertz CT molecular complexity index is 705. The largest absolute Gasteiger partial charge is 0.480 e. The number of aromatic nitrogens is 2. The summed E-state index contributed by atoms with van der Waals surface area (Å²) >= 11 is 0. The van der Waals surface area contributed by atoms with Crippen LogP contribution in [0.2, 0.25) is 0 Å². The zero-order valence-corrected chi connectivity index (χ0v) is 11.2. The van der Waals surface area contributed by atoms with Gasteiger partial charge < -0.3 is 16.6 Å². The number of nitrogens with zero attached hydrogens (tertiary/aromatic N) is 2. The van der Waals surface area contributed by atoms with Gasteiger partial charge in [-0.05, 0) is 12.0 Å². The molecular formula is C15H14N4O2. The second-order valence-electron chi connectivity index (χ2n) is 4.48. The Morgan fingerprint density at radius 3 is 2.62 bits per heavy atom. The summed E-state index contributed by atoms with van der Waals surface area (Å²) in [5.74, 6) is 1.61. The summed E-state index contributed by atoms with van der Waals surface area (Å²) in [6.45, 7) is 0. The molecular weight excluding hydrogens is 268 g/mol. The van der Waals surface area contributed by atoms with Gasteiger partial charge in [-0.25, -0.2) is 9.97 Å². The average molecular weight is 282 g/mol. The summed E-state index contributed by atoms with van der Waals surface area (Å²) in [6.07, 6.45) is 7.16. The monoisotopic (exact) mass is 282 g/mol. The van der Waals surface area contributed by atoms with E-state index in [0.29, 0.717) is 11.3 Å². The van der Waals surface area contributed by atoms with Crippen LogP contribution in [0.3, 0.4) is 0 Å². The van der Waals surface area contributed by atoms with Gasteiger partial charge in [0.25, 0.3) is 0 Å². The molecule has 2 aromatic rings. The summed E-state index contributed by atoms with van der Waals surface area (Å²) in [7, 11) is 0. The van der Waals surface area contributed by atoms with Gasteiger partial charge in [-0.2, -0.15) is 0 Å². The molecule has 0 radical (unpaired) electrons. The van der Waals surface area contributed by atoms with Crippen molar-refractivity contribution < 1.29 is 9.90 Å². The van der Waals surface area contributed by atoms with E-state index in [-0.39, 0.29) is 12.4 Å². The van der Waals surface area contributed by atoms with Crippen LogP contribution in [0.25, 0.3) is 11.3 Å². The second-order valence-corrected chi connectivity index (χ2v) is 4.48. The molecule has 1 unspecified atom stereocenters. The van der Waals surface area contributed by atoms with Crippen molar-refractivity contribution >= 4 is 11.9 Å². The number of nitrogen functional groups attached to an aromatic ring is 1. The molecule has 5 N–H and O–H groups in total. The molecule has 6 heteroatoms. The second kappa shape index (κ2) is 6.03. The molecule has 2 rings (SSSR count). The van der Waals surface area contributed by atoms with Crippen LogP contribution in [0.4, 0.5) is 5.95 Å². The molecule has 0 amide bonds. The Morgan fingerprint density at radius 1 is 1.38 bits per heavy atom. The number of carbonyl (C=O) groups is 1. The molecule has 0 spiro atoms. The first-order chi connectivity index (χ1) is 10.0. The van der Waals surface area contributed by atoms with Crippen molar-refractivity contribution in [3.05, 3.63) is 41.6 Å². The number of rotatable bonds is 4. The molecule has 1 aromatic heterocycles. The van der Waals surface area contributed by atoms with Gasteiger partial charge in [0.1, 0.15) is 6.04 Å². The van der Waals surface area contributed by atoms with Crippen molar-refractivity contribution in [1.82, 2.24) is 9.97 Å². The van der Waals surface area contributed by atoms with Crippen molar-refractivity contribution in [2.45, 2.75) is 12.5 Å². The molecule has 6 nitrogen and oxygen atoms in total. The van der Waals surface area contributed by atoms with Crippen LogP contribution in [-0.4, -0.2) is 27.1 Å². The lowest BCUT2D eigenvalue weighted by molar-refractivity contribution is -0.138. The fraction of sp³-hybridized carbons (Fsp3) is 0.133. The van der Waals surface area contributed by atoms with E-state index >= 15 is 0 Å². The minimum Gasteiger partial charge on any atom is -0.480 e. The summed E-state index contributed by atoms with van der Waals surface area (Å²) < 4.78 is 0. The fourth-order valence-electron chi connectivity index (χ4n) is 1.86. The van der Waals surface area contributed by atoms with E-state index in [1.165, 1.54) is 6.20 Å². The van der Waals surface area contributed by atoms with E-state index in [4.69, 9.17) is 23.0 Å². The molecule has 0 aliphatic heterocycles. The average Bonchev–Trinajstić information content (AvgIpc) is 2.48. The van der Waals surface area contributed by atoms with Crippen LogP contribution in [0.5, 0.6) is 0 Å². The maximum absolute atomic E-state index is 10.7. The van der Waals surface area contributed by atoms with Gasteiger partial charge in [-0.1, -0.05) is 30.2 Å². The van der Waals surface area contributed by atoms with E-state index in [1.54, 1.807) is 24.3 Å². The van der Waals surface area contributed by atoms with Crippen LogP contribution in [0.15, 0.2) is 30.5 Å². The predicted octanol–water partition coefficient (Wildman–Crippen LogP) is 0.661. The van der Waals surface area contributed by atoms with Gasteiger partial charge >= 0.3 is 5.97 Å². The summed E-state index contributed by atoms with van der Waals surface area (Å²) in [6, 6.07) is 6.25. The van der Waals surface area contributed by atoms with Crippen LogP contribution >= 0.6 is 0 Å². The van der Waals surface area contributed by atoms with Crippen molar-refractivity contribution in [3.63, 3.8) is 0 Å². The fourth-order valence-corrected chi connectivity index (χ4v) is 1.86. The topological polar surface area (TPSA) is 115 Å². The molecule has 0 aliphatic carbocycles. The summed E-state index contributed by atoms with van der Waals surface area (Å²) in [5.41, 5.74) is 13.8. The molecule has 0 bridgehead atoms. The summed E-state index contributed by atoms with van der Waals surface area (Å²) in [4.78, 5) is 18.7. The van der Waals surface area contributed by atoms with E-state index in [2.05, 4.69) is 15.9 Å².